The average molecular weight is 274 g/mol. The molecular weight excluding hydrogens is 252 g/mol. The minimum Gasteiger partial charge on any atom is -0.464 e. The second kappa shape index (κ2) is 5.65. The number of carbonyl (C=O) groups is 1. The van der Waals surface area contributed by atoms with E-state index in [0.717, 1.165) is 11.3 Å². The van der Waals surface area contributed by atoms with Crippen LogP contribution in [0.25, 0.3) is 0 Å². The summed E-state index contributed by atoms with van der Waals surface area (Å²) in [4.78, 5) is 18.6. The summed E-state index contributed by atoms with van der Waals surface area (Å²) in [5, 5.41) is 0. The van der Waals surface area contributed by atoms with Crippen LogP contribution in [0.3, 0.4) is 0 Å². The predicted molar refractivity (Wildman–Crippen MR) is 81.3 cm³/mol. The maximum Gasteiger partial charge on any atom is 0.329 e. The maximum atomic E-state index is 12.1. The number of rotatable bonds is 3. The second-order valence-electron chi connectivity index (χ2n) is 5.92. The molecule has 1 heterocycles. The fourth-order valence-electron chi connectivity index (χ4n) is 2.22. The predicted octanol–water partition coefficient (Wildman–Crippen LogP) is 2.81. The first-order chi connectivity index (χ1) is 9.42. The Morgan fingerprint density at radius 1 is 1.45 bits per heavy atom. The zero-order chi connectivity index (χ0) is 14.8. The van der Waals surface area contributed by atoms with Crippen molar-refractivity contribution in [3.8, 4) is 0 Å². The van der Waals surface area contributed by atoms with Gasteiger partial charge in [-0.2, -0.15) is 0 Å². The van der Waals surface area contributed by atoms with Gasteiger partial charge in [-0.3, -0.25) is 4.99 Å². The van der Waals surface area contributed by atoms with Crippen molar-refractivity contribution in [2.24, 2.45) is 4.99 Å². The van der Waals surface area contributed by atoms with Crippen LogP contribution in [0.15, 0.2) is 29.3 Å². The number of carbonyl (C=O) groups excluding carboxylic acids is 1. The SMILES string of the molecule is CCOC(=O)C1Cc2ccccc2N1C=NC(C)(C)C. The van der Waals surface area contributed by atoms with Crippen LogP contribution in [0.5, 0.6) is 0 Å². The number of hydrogen-bond donors (Lipinski definition) is 0. The molecule has 108 valence electrons. The van der Waals surface area contributed by atoms with Crippen LogP contribution >= 0.6 is 0 Å². The summed E-state index contributed by atoms with van der Waals surface area (Å²) in [5.41, 5.74) is 2.03. The highest BCUT2D eigenvalue weighted by Crippen LogP contribution is 2.31. The minimum atomic E-state index is -0.307. The van der Waals surface area contributed by atoms with Crippen molar-refractivity contribution in [2.75, 3.05) is 11.5 Å². The molecule has 1 aliphatic rings. The molecule has 0 N–H and O–H groups in total. The molecule has 0 amide bonds. The monoisotopic (exact) mass is 274 g/mol. The van der Waals surface area contributed by atoms with Crippen LogP contribution in [0.1, 0.15) is 33.3 Å². The van der Waals surface area contributed by atoms with Gasteiger partial charge in [-0.1, -0.05) is 18.2 Å². The highest BCUT2D eigenvalue weighted by molar-refractivity contribution is 5.94. The molecule has 0 fully saturated rings. The molecule has 0 aromatic heterocycles. The summed E-state index contributed by atoms with van der Waals surface area (Å²) < 4.78 is 5.18. The van der Waals surface area contributed by atoms with Gasteiger partial charge in [0.2, 0.25) is 0 Å². The van der Waals surface area contributed by atoms with Gasteiger partial charge in [0.25, 0.3) is 0 Å². The van der Waals surface area contributed by atoms with Crippen molar-refractivity contribution >= 4 is 18.0 Å². The summed E-state index contributed by atoms with van der Waals surface area (Å²) in [6.07, 6.45) is 2.44. The number of nitrogens with zero attached hydrogens (tertiary/aromatic N) is 2. The Balaban J connectivity index is 2.30. The van der Waals surface area contributed by atoms with E-state index in [1.165, 1.54) is 0 Å². The lowest BCUT2D eigenvalue weighted by Crippen LogP contribution is -2.39. The average Bonchev–Trinajstić information content (AvgIpc) is 2.74. The standard InChI is InChI=1S/C16H22N2O2/c1-5-20-15(19)14-10-12-8-6-7-9-13(12)18(14)11-17-16(2,3)4/h6-9,11,14H,5,10H2,1-4H3. The van der Waals surface area contributed by atoms with Gasteiger partial charge in [0.15, 0.2) is 0 Å². The summed E-state index contributed by atoms with van der Waals surface area (Å²) in [7, 11) is 0. The number of anilines is 1. The number of fused-ring (bicyclic) bond motifs is 1. The third-order valence-corrected chi connectivity index (χ3v) is 3.15. The molecule has 2 rings (SSSR count). The maximum absolute atomic E-state index is 12.1. The van der Waals surface area contributed by atoms with E-state index >= 15 is 0 Å². The van der Waals surface area contributed by atoms with Gasteiger partial charge < -0.3 is 9.64 Å². The van der Waals surface area contributed by atoms with E-state index in [1.807, 2.05) is 56.9 Å². The van der Waals surface area contributed by atoms with Crippen molar-refractivity contribution < 1.29 is 9.53 Å². The molecule has 0 saturated heterocycles. The molecule has 0 saturated carbocycles. The molecule has 1 aliphatic heterocycles. The van der Waals surface area contributed by atoms with Crippen molar-refractivity contribution in [3.05, 3.63) is 29.8 Å². The quantitative estimate of drug-likeness (QED) is 0.483. The molecule has 1 unspecified atom stereocenters. The highest BCUT2D eigenvalue weighted by atomic mass is 16.5. The lowest BCUT2D eigenvalue weighted by atomic mass is 10.1. The lowest BCUT2D eigenvalue weighted by Gasteiger charge is -2.23. The first-order valence-corrected chi connectivity index (χ1v) is 7.00. The van der Waals surface area contributed by atoms with Crippen LogP contribution in [-0.4, -0.2) is 30.5 Å². The van der Waals surface area contributed by atoms with E-state index in [2.05, 4.69) is 4.99 Å². The minimum absolute atomic E-state index is 0.170. The molecular formula is C16H22N2O2. The molecule has 1 atom stereocenters. The Kier molecular flexibility index (Phi) is 4.12. The first-order valence-electron chi connectivity index (χ1n) is 7.00. The lowest BCUT2D eigenvalue weighted by molar-refractivity contribution is -0.144. The van der Waals surface area contributed by atoms with Crippen molar-refractivity contribution in [3.63, 3.8) is 0 Å². The number of para-hydroxylation sites is 1. The van der Waals surface area contributed by atoms with Crippen molar-refractivity contribution in [2.45, 2.75) is 45.7 Å². The number of benzene rings is 1. The van der Waals surface area contributed by atoms with E-state index < -0.39 is 0 Å². The van der Waals surface area contributed by atoms with E-state index in [4.69, 9.17) is 4.74 Å². The smallest absolute Gasteiger partial charge is 0.329 e. The van der Waals surface area contributed by atoms with Gasteiger partial charge >= 0.3 is 5.97 Å². The first kappa shape index (κ1) is 14.6. The molecule has 4 nitrogen and oxygen atoms in total. The Morgan fingerprint density at radius 3 is 2.80 bits per heavy atom. The molecule has 20 heavy (non-hydrogen) atoms. The third-order valence-electron chi connectivity index (χ3n) is 3.15. The number of esters is 1. The topological polar surface area (TPSA) is 41.9 Å². The Bertz CT molecular complexity index is 517. The van der Waals surface area contributed by atoms with Gasteiger partial charge in [-0.05, 0) is 39.3 Å². The fraction of sp³-hybridized carbons (Fsp3) is 0.500. The van der Waals surface area contributed by atoms with Crippen LogP contribution < -0.4 is 4.90 Å². The molecule has 0 aliphatic carbocycles. The van der Waals surface area contributed by atoms with Gasteiger partial charge in [0.1, 0.15) is 6.04 Å². The largest absolute Gasteiger partial charge is 0.464 e. The van der Waals surface area contributed by atoms with Crippen LogP contribution in [0.2, 0.25) is 0 Å². The van der Waals surface area contributed by atoms with E-state index in [9.17, 15) is 4.79 Å². The van der Waals surface area contributed by atoms with Gasteiger partial charge in [-0.25, -0.2) is 4.79 Å². The molecule has 4 heteroatoms. The second-order valence-corrected chi connectivity index (χ2v) is 5.92. The normalized spacial score (nSPS) is 18.4. The summed E-state index contributed by atoms with van der Waals surface area (Å²) in [6.45, 7) is 8.32. The third kappa shape index (κ3) is 3.18. The fourth-order valence-corrected chi connectivity index (χ4v) is 2.22. The highest BCUT2D eigenvalue weighted by Gasteiger charge is 2.34. The van der Waals surface area contributed by atoms with Crippen LogP contribution in [0.4, 0.5) is 5.69 Å². The van der Waals surface area contributed by atoms with E-state index in [0.29, 0.717) is 13.0 Å². The van der Waals surface area contributed by atoms with E-state index in [-0.39, 0.29) is 17.6 Å². The molecule has 1 aromatic rings. The Morgan fingerprint density at radius 2 is 2.15 bits per heavy atom. The summed E-state index contributed by atoms with van der Waals surface area (Å²) in [5.74, 6) is -0.191. The van der Waals surface area contributed by atoms with Gasteiger partial charge in [0.05, 0.1) is 18.5 Å². The summed E-state index contributed by atoms with van der Waals surface area (Å²) >= 11 is 0. The van der Waals surface area contributed by atoms with Gasteiger partial charge in [-0.15, -0.1) is 0 Å². The van der Waals surface area contributed by atoms with E-state index in [1.54, 1.807) is 6.34 Å². The zero-order valence-corrected chi connectivity index (χ0v) is 12.6. The molecule has 0 bridgehead atoms. The molecule has 1 aromatic carbocycles. The van der Waals surface area contributed by atoms with Crippen molar-refractivity contribution in [1.82, 2.24) is 0 Å². The number of ether oxygens (including phenoxy) is 1. The van der Waals surface area contributed by atoms with Crippen molar-refractivity contribution in [1.29, 1.82) is 0 Å². The van der Waals surface area contributed by atoms with Gasteiger partial charge in [0, 0.05) is 12.1 Å². The number of hydrogen-bond acceptors (Lipinski definition) is 3. The molecule has 0 radical (unpaired) electrons. The van der Waals surface area contributed by atoms with Crippen LogP contribution in [-0.2, 0) is 16.0 Å². The van der Waals surface area contributed by atoms with Crippen LogP contribution in [0, 0.1) is 0 Å². The molecule has 0 spiro atoms. The Hall–Kier alpha value is -1.84. The Labute approximate surface area is 120 Å². The number of aliphatic imine (C=N–C) groups is 1. The summed E-state index contributed by atoms with van der Waals surface area (Å²) in [6, 6.07) is 7.73. The zero-order valence-electron chi connectivity index (χ0n) is 12.6.